The van der Waals surface area contributed by atoms with E-state index in [1.54, 1.807) is 18.3 Å². The van der Waals surface area contributed by atoms with E-state index < -0.39 is 4.92 Å². The van der Waals surface area contributed by atoms with Gasteiger partial charge in [0.2, 0.25) is 11.6 Å². The van der Waals surface area contributed by atoms with Crippen LogP contribution in [0.15, 0.2) is 36.5 Å². The highest BCUT2D eigenvalue weighted by atomic mass is 35.5. The summed E-state index contributed by atoms with van der Waals surface area (Å²) in [5.41, 5.74) is 6.08. The maximum Gasteiger partial charge on any atom is 0.313 e. The molecule has 2 aromatic rings. The molecule has 0 spiro atoms. The quantitative estimate of drug-likeness (QED) is 0.686. The van der Waals surface area contributed by atoms with Gasteiger partial charge in [-0.15, -0.1) is 0 Å². The lowest BCUT2D eigenvalue weighted by Crippen LogP contribution is -1.98. The number of rotatable bonds is 4. The number of pyridine rings is 1. The molecule has 6 nitrogen and oxygen atoms in total. The summed E-state index contributed by atoms with van der Waals surface area (Å²) in [7, 11) is 0. The molecule has 2 N–H and O–H groups in total. The largest absolute Gasteiger partial charge is 0.432 e. The Kier molecular flexibility index (Phi) is 3.94. The standard InChI is InChI=1S/C12H10ClN3O3/c13-9-2-3-11(10(5-9)16(17)18)19-12-4-1-8(6-14)7-15-12/h1-5,7H,6,14H2. The van der Waals surface area contributed by atoms with Gasteiger partial charge < -0.3 is 10.5 Å². The zero-order valence-electron chi connectivity index (χ0n) is 9.75. The van der Waals surface area contributed by atoms with Crippen LogP contribution in [-0.4, -0.2) is 9.91 Å². The molecule has 98 valence electrons. The van der Waals surface area contributed by atoms with Crippen LogP contribution in [0.25, 0.3) is 0 Å². The van der Waals surface area contributed by atoms with E-state index in [2.05, 4.69) is 4.98 Å². The van der Waals surface area contributed by atoms with Crippen molar-refractivity contribution < 1.29 is 9.66 Å². The highest BCUT2D eigenvalue weighted by molar-refractivity contribution is 6.30. The molecule has 0 saturated heterocycles. The predicted octanol–water partition coefficient (Wildman–Crippen LogP) is 2.89. The molecule has 0 aliphatic heterocycles. The summed E-state index contributed by atoms with van der Waals surface area (Å²) in [6.07, 6.45) is 1.55. The van der Waals surface area contributed by atoms with E-state index in [4.69, 9.17) is 22.1 Å². The summed E-state index contributed by atoms with van der Waals surface area (Å²) in [4.78, 5) is 14.3. The lowest BCUT2D eigenvalue weighted by molar-refractivity contribution is -0.385. The number of nitro groups is 1. The van der Waals surface area contributed by atoms with Crippen LogP contribution in [0.5, 0.6) is 11.6 Å². The Labute approximate surface area is 113 Å². The highest BCUT2D eigenvalue weighted by Crippen LogP contribution is 2.32. The van der Waals surface area contributed by atoms with E-state index in [0.717, 1.165) is 5.56 Å². The van der Waals surface area contributed by atoms with Gasteiger partial charge in [0.25, 0.3) is 0 Å². The second-order valence-electron chi connectivity index (χ2n) is 3.68. The average Bonchev–Trinajstić information content (AvgIpc) is 2.41. The third-order valence-electron chi connectivity index (χ3n) is 2.37. The van der Waals surface area contributed by atoms with Gasteiger partial charge in [-0.3, -0.25) is 10.1 Å². The number of halogens is 1. The van der Waals surface area contributed by atoms with Crippen LogP contribution in [0.2, 0.25) is 5.02 Å². The summed E-state index contributed by atoms with van der Waals surface area (Å²) >= 11 is 5.71. The minimum absolute atomic E-state index is 0.0856. The zero-order chi connectivity index (χ0) is 13.8. The van der Waals surface area contributed by atoms with Gasteiger partial charge in [0.05, 0.1) is 4.92 Å². The highest BCUT2D eigenvalue weighted by Gasteiger charge is 2.16. The Morgan fingerprint density at radius 2 is 2.16 bits per heavy atom. The van der Waals surface area contributed by atoms with E-state index in [0.29, 0.717) is 6.54 Å². The van der Waals surface area contributed by atoms with Gasteiger partial charge in [0.15, 0.2) is 0 Å². The first kappa shape index (κ1) is 13.3. The second-order valence-corrected chi connectivity index (χ2v) is 4.12. The summed E-state index contributed by atoms with van der Waals surface area (Å²) in [6, 6.07) is 7.51. The first-order valence-corrected chi connectivity index (χ1v) is 5.74. The SMILES string of the molecule is NCc1ccc(Oc2ccc(Cl)cc2[N+](=O)[O-])nc1. The maximum atomic E-state index is 10.9. The lowest BCUT2D eigenvalue weighted by atomic mass is 10.3. The molecule has 0 unspecified atom stereocenters. The Bertz CT molecular complexity index is 602. The van der Waals surface area contributed by atoms with E-state index in [-0.39, 0.29) is 22.3 Å². The normalized spacial score (nSPS) is 10.2. The summed E-state index contributed by atoms with van der Waals surface area (Å²) in [6.45, 7) is 0.369. The van der Waals surface area contributed by atoms with Crippen molar-refractivity contribution in [2.75, 3.05) is 0 Å². The Morgan fingerprint density at radius 1 is 1.37 bits per heavy atom. The topological polar surface area (TPSA) is 91.3 Å². The Morgan fingerprint density at radius 3 is 2.74 bits per heavy atom. The van der Waals surface area contributed by atoms with Crippen molar-refractivity contribution >= 4 is 17.3 Å². The number of nitrogens with two attached hydrogens (primary N) is 1. The third kappa shape index (κ3) is 3.18. The molecule has 0 atom stereocenters. The molecule has 19 heavy (non-hydrogen) atoms. The summed E-state index contributed by atoms with van der Waals surface area (Å²) < 4.78 is 5.37. The summed E-state index contributed by atoms with van der Waals surface area (Å²) in [5, 5.41) is 11.2. The van der Waals surface area contributed by atoms with Crippen molar-refractivity contribution in [1.29, 1.82) is 0 Å². The number of benzene rings is 1. The molecule has 1 aromatic carbocycles. The molecule has 0 fully saturated rings. The van der Waals surface area contributed by atoms with Crippen molar-refractivity contribution in [3.8, 4) is 11.6 Å². The zero-order valence-corrected chi connectivity index (χ0v) is 10.5. The predicted molar refractivity (Wildman–Crippen MR) is 70.3 cm³/mol. The van der Waals surface area contributed by atoms with Gasteiger partial charge >= 0.3 is 5.69 Å². The number of hydrogen-bond acceptors (Lipinski definition) is 5. The van der Waals surface area contributed by atoms with Crippen LogP contribution in [0, 0.1) is 10.1 Å². The molecule has 7 heteroatoms. The van der Waals surface area contributed by atoms with Gasteiger partial charge in [-0.05, 0) is 17.7 Å². The molecule has 1 heterocycles. The molecule has 0 amide bonds. The van der Waals surface area contributed by atoms with E-state index in [1.807, 2.05) is 0 Å². The minimum atomic E-state index is -0.560. The first-order valence-electron chi connectivity index (χ1n) is 5.37. The minimum Gasteiger partial charge on any atom is -0.432 e. The monoisotopic (exact) mass is 279 g/mol. The van der Waals surface area contributed by atoms with Gasteiger partial charge in [-0.2, -0.15) is 0 Å². The van der Waals surface area contributed by atoms with Crippen molar-refractivity contribution in [3.05, 3.63) is 57.2 Å². The smallest absolute Gasteiger partial charge is 0.313 e. The third-order valence-corrected chi connectivity index (χ3v) is 2.60. The fourth-order valence-corrected chi connectivity index (χ4v) is 1.59. The molecule has 1 aromatic heterocycles. The number of ether oxygens (including phenoxy) is 1. The Hall–Kier alpha value is -2.18. The second kappa shape index (κ2) is 5.64. The Balaban J connectivity index is 2.29. The van der Waals surface area contributed by atoms with Crippen molar-refractivity contribution in [2.24, 2.45) is 5.73 Å². The van der Waals surface area contributed by atoms with Crippen LogP contribution >= 0.6 is 11.6 Å². The van der Waals surface area contributed by atoms with Gasteiger partial charge in [0, 0.05) is 29.9 Å². The van der Waals surface area contributed by atoms with Gasteiger partial charge in [0.1, 0.15) is 0 Å². The maximum absolute atomic E-state index is 10.9. The number of aromatic nitrogens is 1. The molecule has 0 saturated carbocycles. The first-order chi connectivity index (χ1) is 9.10. The molecular formula is C12H10ClN3O3. The van der Waals surface area contributed by atoms with Crippen LogP contribution < -0.4 is 10.5 Å². The van der Waals surface area contributed by atoms with Crippen LogP contribution in [0.4, 0.5) is 5.69 Å². The van der Waals surface area contributed by atoms with Crippen LogP contribution in [-0.2, 0) is 6.54 Å². The fraction of sp³-hybridized carbons (Fsp3) is 0.0833. The number of hydrogen-bond donors (Lipinski definition) is 1. The van der Waals surface area contributed by atoms with E-state index in [1.165, 1.54) is 18.2 Å². The van der Waals surface area contributed by atoms with Crippen molar-refractivity contribution in [2.45, 2.75) is 6.54 Å². The molecule has 0 aliphatic rings. The fourth-order valence-electron chi connectivity index (χ4n) is 1.42. The van der Waals surface area contributed by atoms with E-state index in [9.17, 15) is 10.1 Å². The number of nitrogens with zero attached hydrogens (tertiary/aromatic N) is 2. The van der Waals surface area contributed by atoms with Gasteiger partial charge in [-0.25, -0.2) is 4.98 Å². The lowest BCUT2D eigenvalue weighted by Gasteiger charge is -2.06. The average molecular weight is 280 g/mol. The van der Waals surface area contributed by atoms with Crippen LogP contribution in [0.1, 0.15) is 5.56 Å². The van der Waals surface area contributed by atoms with Crippen molar-refractivity contribution in [3.63, 3.8) is 0 Å². The van der Waals surface area contributed by atoms with E-state index >= 15 is 0 Å². The molecular weight excluding hydrogens is 270 g/mol. The van der Waals surface area contributed by atoms with Crippen LogP contribution in [0.3, 0.4) is 0 Å². The molecule has 0 aliphatic carbocycles. The summed E-state index contributed by atoms with van der Waals surface area (Å²) in [5.74, 6) is 0.338. The molecule has 0 radical (unpaired) electrons. The molecule has 0 bridgehead atoms. The van der Waals surface area contributed by atoms with Crippen molar-refractivity contribution in [1.82, 2.24) is 4.98 Å². The van der Waals surface area contributed by atoms with Gasteiger partial charge in [-0.1, -0.05) is 17.7 Å². The molecule has 2 rings (SSSR count). The number of nitro benzene ring substituents is 1.